The molecule has 0 radical (unpaired) electrons. The van der Waals surface area contributed by atoms with Crippen molar-refractivity contribution in [3.63, 3.8) is 0 Å². The average Bonchev–Trinajstić information content (AvgIpc) is 2.75. The zero-order valence-electron chi connectivity index (χ0n) is 17.5. The number of amides is 1. The number of sulfonamides is 1. The molecule has 10 heteroatoms. The zero-order chi connectivity index (χ0) is 24.0. The first kappa shape index (κ1) is 25.4. The van der Waals surface area contributed by atoms with Crippen LogP contribution in [0.4, 0.5) is 0 Å². The van der Waals surface area contributed by atoms with Gasteiger partial charge in [-0.2, -0.15) is 9.41 Å². The summed E-state index contributed by atoms with van der Waals surface area (Å²) < 4.78 is 28.6. The van der Waals surface area contributed by atoms with Gasteiger partial charge in [0.1, 0.15) is 0 Å². The predicted octanol–water partition coefficient (Wildman–Crippen LogP) is 5.41. The van der Waals surface area contributed by atoms with Gasteiger partial charge in [0.2, 0.25) is 10.0 Å². The van der Waals surface area contributed by atoms with Gasteiger partial charge in [0.25, 0.3) is 5.91 Å². The molecule has 172 valence electrons. The van der Waals surface area contributed by atoms with Gasteiger partial charge in [-0.1, -0.05) is 75.0 Å². The highest BCUT2D eigenvalue weighted by Crippen LogP contribution is 2.25. The monoisotopic (exact) mass is 567 g/mol. The van der Waals surface area contributed by atoms with Gasteiger partial charge in [-0.3, -0.25) is 4.79 Å². The first-order chi connectivity index (χ1) is 15.6. The van der Waals surface area contributed by atoms with Crippen LogP contribution in [0.2, 0.25) is 10.0 Å². The van der Waals surface area contributed by atoms with E-state index in [0.717, 1.165) is 19.9 Å². The van der Waals surface area contributed by atoms with Gasteiger partial charge in [0.15, 0.2) is 0 Å². The topological polar surface area (TPSA) is 78.8 Å². The molecular formula is C23H20BrCl2N3O3S. The second-order valence-corrected chi connectivity index (χ2v) is 10.9. The van der Waals surface area contributed by atoms with E-state index in [2.05, 4.69) is 26.5 Å². The van der Waals surface area contributed by atoms with E-state index in [1.54, 1.807) is 24.3 Å². The summed E-state index contributed by atoms with van der Waals surface area (Å²) in [6.07, 6.45) is 1.47. The Morgan fingerprint density at radius 3 is 2.48 bits per heavy atom. The molecular weight excluding hydrogens is 549 g/mol. The molecule has 1 amide bonds. The van der Waals surface area contributed by atoms with E-state index in [1.165, 1.54) is 24.4 Å². The van der Waals surface area contributed by atoms with Crippen molar-refractivity contribution < 1.29 is 13.2 Å². The molecule has 0 heterocycles. The summed E-state index contributed by atoms with van der Waals surface area (Å²) in [5, 5.41) is 4.66. The molecule has 0 fully saturated rings. The minimum absolute atomic E-state index is 0.0728. The van der Waals surface area contributed by atoms with Crippen molar-refractivity contribution in [3.8, 4) is 0 Å². The number of benzene rings is 3. The lowest BCUT2D eigenvalue weighted by Crippen LogP contribution is -2.39. The zero-order valence-corrected chi connectivity index (χ0v) is 21.4. The van der Waals surface area contributed by atoms with E-state index in [0.29, 0.717) is 15.6 Å². The molecule has 0 spiro atoms. The number of hydrazone groups is 1. The van der Waals surface area contributed by atoms with Gasteiger partial charge in [0, 0.05) is 21.1 Å². The maximum absolute atomic E-state index is 13.3. The van der Waals surface area contributed by atoms with Gasteiger partial charge in [-0.15, -0.1) is 0 Å². The molecule has 3 aromatic carbocycles. The van der Waals surface area contributed by atoms with E-state index < -0.39 is 22.5 Å². The van der Waals surface area contributed by atoms with Crippen molar-refractivity contribution in [2.24, 2.45) is 5.10 Å². The molecule has 6 nitrogen and oxygen atoms in total. The molecule has 0 aromatic heterocycles. The Labute approximate surface area is 211 Å². The Morgan fingerprint density at radius 1 is 1.09 bits per heavy atom. The number of nitrogens with one attached hydrogen (secondary N) is 1. The Balaban J connectivity index is 1.82. The second kappa shape index (κ2) is 11.3. The van der Waals surface area contributed by atoms with E-state index >= 15 is 0 Å². The normalized spacial score (nSPS) is 11.8. The number of hydrogen-bond donors (Lipinski definition) is 1. The van der Waals surface area contributed by atoms with E-state index in [-0.39, 0.29) is 11.4 Å². The molecule has 0 bridgehead atoms. The summed E-state index contributed by atoms with van der Waals surface area (Å²) in [7, 11) is -4.00. The van der Waals surface area contributed by atoms with Crippen LogP contribution in [0.3, 0.4) is 0 Å². The van der Waals surface area contributed by atoms with E-state index in [9.17, 15) is 13.2 Å². The third kappa shape index (κ3) is 7.12. The quantitative estimate of drug-likeness (QED) is 0.292. The molecule has 0 atom stereocenters. The number of carbonyl (C=O) groups is 1. The minimum Gasteiger partial charge on any atom is -0.272 e. The lowest BCUT2D eigenvalue weighted by molar-refractivity contribution is -0.121. The van der Waals surface area contributed by atoms with Crippen molar-refractivity contribution in [1.29, 1.82) is 0 Å². The SMILES string of the molecule is Cc1ccc(S(=O)(=O)N(CC(=O)N/N=C\c2cccc(Br)c2)Cc2ccc(Cl)cc2Cl)cc1. The van der Waals surface area contributed by atoms with Gasteiger partial charge in [0.05, 0.1) is 17.7 Å². The maximum Gasteiger partial charge on any atom is 0.255 e. The minimum atomic E-state index is -4.00. The highest BCUT2D eigenvalue weighted by Gasteiger charge is 2.27. The fourth-order valence-electron chi connectivity index (χ4n) is 2.89. The van der Waals surface area contributed by atoms with Crippen LogP contribution in [0.15, 0.2) is 81.2 Å². The van der Waals surface area contributed by atoms with Crippen LogP contribution in [0.5, 0.6) is 0 Å². The first-order valence-corrected chi connectivity index (χ1v) is 12.7. The summed E-state index contributed by atoms with van der Waals surface area (Å²) in [6.45, 7) is 1.29. The molecule has 3 aromatic rings. The van der Waals surface area contributed by atoms with Crippen LogP contribution in [-0.2, 0) is 21.4 Å². The van der Waals surface area contributed by atoms with Gasteiger partial charge in [-0.05, 0) is 54.4 Å². The van der Waals surface area contributed by atoms with Crippen molar-refractivity contribution in [3.05, 3.63) is 97.9 Å². The van der Waals surface area contributed by atoms with Crippen molar-refractivity contribution in [1.82, 2.24) is 9.73 Å². The first-order valence-electron chi connectivity index (χ1n) is 9.73. The second-order valence-electron chi connectivity index (χ2n) is 7.17. The Hall–Kier alpha value is -2.23. The molecule has 0 unspecified atom stereocenters. The molecule has 3 rings (SSSR count). The summed E-state index contributed by atoms with van der Waals surface area (Å²) >= 11 is 15.6. The van der Waals surface area contributed by atoms with E-state index in [4.69, 9.17) is 23.2 Å². The molecule has 0 aliphatic carbocycles. The Kier molecular flexibility index (Phi) is 8.67. The predicted molar refractivity (Wildman–Crippen MR) is 135 cm³/mol. The van der Waals surface area contributed by atoms with Crippen LogP contribution < -0.4 is 5.43 Å². The van der Waals surface area contributed by atoms with Crippen molar-refractivity contribution >= 4 is 61.3 Å². The molecule has 0 aliphatic rings. The summed E-state index contributed by atoms with van der Waals surface area (Å²) in [6, 6.07) is 18.5. The number of aryl methyl sites for hydroxylation is 1. The number of hydrogen-bond acceptors (Lipinski definition) is 4. The smallest absolute Gasteiger partial charge is 0.255 e. The summed E-state index contributed by atoms with van der Waals surface area (Å²) in [5.74, 6) is -0.595. The molecule has 1 N–H and O–H groups in total. The number of rotatable bonds is 8. The highest BCUT2D eigenvalue weighted by molar-refractivity contribution is 9.10. The van der Waals surface area contributed by atoms with Crippen LogP contribution in [0, 0.1) is 6.92 Å². The summed E-state index contributed by atoms with van der Waals surface area (Å²) in [4.78, 5) is 12.7. The lowest BCUT2D eigenvalue weighted by atomic mass is 10.2. The Morgan fingerprint density at radius 2 is 1.82 bits per heavy atom. The molecule has 33 heavy (non-hydrogen) atoms. The van der Waals surface area contributed by atoms with Gasteiger partial charge >= 0.3 is 0 Å². The van der Waals surface area contributed by atoms with Crippen LogP contribution in [0.1, 0.15) is 16.7 Å². The number of nitrogens with zero attached hydrogens (tertiary/aromatic N) is 2. The molecule has 0 saturated heterocycles. The fraction of sp³-hybridized carbons (Fsp3) is 0.130. The van der Waals surface area contributed by atoms with Crippen LogP contribution in [0.25, 0.3) is 0 Å². The van der Waals surface area contributed by atoms with Crippen molar-refractivity contribution in [2.75, 3.05) is 6.54 Å². The van der Waals surface area contributed by atoms with Gasteiger partial charge in [-0.25, -0.2) is 13.8 Å². The lowest BCUT2D eigenvalue weighted by Gasteiger charge is -2.22. The third-order valence-electron chi connectivity index (χ3n) is 4.59. The van der Waals surface area contributed by atoms with E-state index in [1.807, 2.05) is 31.2 Å². The van der Waals surface area contributed by atoms with Crippen LogP contribution >= 0.6 is 39.1 Å². The largest absolute Gasteiger partial charge is 0.272 e. The average molecular weight is 569 g/mol. The summed E-state index contributed by atoms with van der Waals surface area (Å²) in [5.41, 5.74) is 4.58. The maximum atomic E-state index is 13.3. The Bertz CT molecular complexity index is 1280. The number of halogens is 3. The van der Waals surface area contributed by atoms with Gasteiger partial charge < -0.3 is 0 Å². The van der Waals surface area contributed by atoms with Crippen molar-refractivity contribution in [2.45, 2.75) is 18.4 Å². The van der Waals surface area contributed by atoms with Crippen LogP contribution in [-0.4, -0.2) is 31.4 Å². The third-order valence-corrected chi connectivity index (χ3v) is 7.48. The fourth-order valence-corrected chi connectivity index (χ4v) is 5.15. The molecule has 0 saturated carbocycles. The number of carbonyl (C=O) groups excluding carboxylic acids is 1. The molecule has 0 aliphatic heterocycles. The standard InChI is InChI=1S/C23H20BrCl2N3O3S/c1-16-5-9-21(10-6-16)33(31,32)29(14-18-7-8-20(25)12-22(18)26)15-23(30)28-27-13-17-3-2-4-19(24)11-17/h2-13H,14-15H2,1H3,(H,28,30)/b27-13-. The highest BCUT2D eigenvalue weighted by atomic mass is 79.9.